The number of carbonyl (C=O) groups is 2. The molecule has 1 aliphatic heterocycles. The van der Waals surface area contributed by atoms with Crippen molar-refractivity contribution in [2.24, 2.45) is 5.92 Å². The van der Waals surface area contributed by atoms with Crippen molar-refractivity contribution in [3.63, 3.8) is 0 Å². The summed E-state index contributed by atoms with van der Waals surface area (Å²) in [5.41, 5.74) is 2.07. The van der Waals surface area contributed by atoms with Crippen LogP contribution in [-0.4, -0.2) is 41.1 Å². The number of phenolic OH excluding ortho intramolecular Hbond substituents is 1. The van der Waals surface area contributed by atoms with E-state index in [1.54, 1.807) is 29.2 Å². The van der Waals surface area contributed by atoms with E-state index in [9.17, 15) is 14.7 Å². The molecular weight excluding hydrogens is 330 g/mol. The molecule has 1 fully saturated rings. The first-order valence-electron chi connectivity index (χ1n) is 8.79. The van der Waals surface area contributed by atoms with Gasteiger partial charge >= 0.3 is 0 Å². The summed E-state index contributed by atoms with van der Waals surface area (Å²) in [6.07, 6.45) is 1.07. The van der Waals surface area contributed by atoms with Gasteiger partial charge in [-0.15, -0.1) is 0 Å². The fourth-order valence-electron chi connectivity index (χ4n) is 3.36. The van der Waals surface area contributed by atoms with Crippen LogP contribution in [0.3, 0.4) is 0 Å². The van der Waals surface area contributed by atoms with Crippen molar-refractivity contribution in [3.8, 4) is 5.75 Å². The Morgan fingerprint density at radius 1 is 1.19 bits per heavy atom. The van der Waals surface area contributed by atoms with E-state index in [0.29, 0.717) is 25.7 Å². The molecule has 5 heteroatoms. The molecule has 1 amide bonds. The van der Waals surface area contributed by atoms with E-state index < -0.39 is 6.23 Å². The predicted molar refractivity (Wildman–Crippen MR) is 97.6 cm³/mol. The molecule has 1 saturated heterocycles. The zero-order valence-corrected chi connectivity index (χ0v) is 14.7. The number of phenols is 1. The summed E-state index contributed by atoms with van der Waals surface area (Å²) in [6.45, 7) is 2.21. The van der Waals surface area contributed by atoms with Crippen molar-refractivity contribution in [1.29, 1.82) is 0 Å². The van der Waals surface area contributed by atoms with Gasteiger partial charge < -0.3 is 14.7 Å². The third kappa shape index (κ3) is 4.11. The largest absolute Gasteiger partial charge is 0.508 e. The van der Waals surface area contributed by atoms with Crippen LogP contribution in [0.1, 0.15) is 18.1 Å². The Bertz CT molecular complexity index is 744. The highest BCUT2D eigenvalue weighted by Gasteiger charge is 2.39. The van der Waals surface area contributed by atoms with E-state index in [4.69, 9.17) is 4.74 Å². The Morgan fingerprint density at radius 3 is 2.54 bits per heavy atom. The maximum absolute atomic E-state index is 13.0. The fourth-order valence-corrected chi connectivity index (χ4v) is 3.36. The second-order valence-corrected chi connectivity index (χ2v) is 6.72. The molecule has 1 heterocycles. The van der Waals surface area contributed by atoms with Gasteiger partial charge in [0.2, 0.25) is 5.91 Å². The highest BCUT2D eigenvalue weighted by Crippen LogP contribution is 2.24. The molecule has 0 saturated carbocycles. The van der Waals surface area contributed by atoms with Gasteiger partial charge in [0.15, 0.2) is 12.5 Å². The molecule has 5 nitrogen and oxygen atoms in total. The lowest BCUT2D eigenvalue weighted by molar-refractivity contribution is -0.145. The number of ether oxygens (including phenoxy) is 1. The van der Waals surface area contributed by atoms with Crippen LogP contribution in [0.25, 0.3) is 0 Å². The summed E-state index contributed by atoms with van der Waals surface area (Å²) >= 11 is 0. The van der Waals surface area contributed by atoms with Crippen LogP contribution < -0.4 is 0 Å². The number of hydrogen-bond acceptors (Lipinski definition) is 4. The molecule has 3 rings (SSSR count). The van der Waals surface area contributed by atoms with Crippen LogP contribution in [0.2, 0.25) is 0 Å². The van der Waals surface area contributed by atoms with Crippen LogP contribution in [0, 0.1) is 5.92 Å². The first-order valence-corrected chi connectivity index (χ1v) is 8.79. The van der Waals surface area contributed by atoms with Gasteiger partial charge in [0, 0.05) is 5.92 Å². The van der Waals surface area contributed by atoms with Crippen molar-refractivity contribution in [2.45, 2.75) is 32.0 Å². The molecule has 2 aromatic rings. The van der Waals surface area contributed by atoms with Gasteiger partial charge in [-0.1, -0.05) is 49.4 Å². The number of nitrogens with zero attached hydrogens (tertiary/aromatic N) is 1. The highest BCUT2D eigenvalue weighted by molar-refractivity contribution is 5.82. The van der Waals surface area contributed by atoms with E-state index in [1.165, 1.54) is 0 Å². The van der Waals surface area contributed by atoms with Crippen LogP contribution in [0.5, 0.6) is 5.75 Å². The maximum Gasteiger partial charge on any atom is 0.228 e. The van der Waals surface area contributed by atoms with E-state index >= 15 is 0 Å². The van der Waals surface area contributed by atoms with Gasteiger partial charge in [0.05, 0.1) is 12.6 Å². The standard InChI is InChI=1S/C21H23NO4/c1-15(11-17-7-9-19(24)10-8-17)21(25)22-18(14-26-20(22)13-23)12-16-5-3-2-4-6-16/h2-10,13,15,18,20,24H,11-12,14H2,1H3/t15-,18-,20?/m1/s1. The van der Waals surface area contributed by atoms with Gasteiger partial charge in [0.25, 0.3) is 0 Å². The van der Waals surface area contributed by atoms with E-state index in [-0.39, 0.29) is 23.6 Å². The number of amides is 1. The second kappa shape index (κ2) is 8.15. The SMILES string of the molecule is C[C@H](Cc1ccc(O)cc1)C(=O)N1C(C=O)OC[C@H]1Cc1ccccc1. The average molecular weight is 353 g/mol. The van der Waals surface area contributed by atoms with Crippen molar-refractivity contribution in [2.75, 3.05) is 6.61 Å². The van der Waals surface area contributed by atoms with Crippen molar-refractivity contribution >= 4 is 12.2 Å². The van der Waals surface area contributed by atoms with Crippen molar-refractivity contribution < 1.29 is 19.4 Å². The quantitative estimate of drug-likeness (QED) is 0.811. The monoisotopic (exact) mass is 353 g/mol. The van der Waals surface area contributed by atoms with Crippen LogP contribution in [0.4, 0.5) is 0 Å². The van der Waals surface area contributed by atoms with Gasteiger partial charge in [-0.2, -0.15) is 0 Å². The first kappa shape index (κ1) is 18.1. The summed E-state index contributed by atoms with van der Waals surface area (Å²) in [6, 6.07) is 16.6. The van der Waals surface area contributed by atoms with E-state index in [0.717, 1.165) is 11.1 Å². The Morgan fingerprint density at radius 2 is 1.88 bits per heavy atom. The molecule has 0 aromatic heterocycles. The lowest BCUT2D eigenvalue weighted by Gasteiger charge is -2.28. The van der Waals surface area contributed by atoms with E-state index in [2.05, 4.69) is 0 Å². The van der Waals surface area contributed by atoms with Crippen LogP contribution in [0.15, 0.2) is 54.6 Å². The van der Waals surface area contributed by atoms with E-state index in [1.807, 2.05) is 37.3 Å². The lowest BCUT2D eigenvalue weighted by Crippen LogP contribution is -2.46. The summed E-state index contributed by atoms with van der Waals surface area (Å²) in [5, 5.41) is 9.38. The third-order valence-corrected chi connectivity index (χ3v) is 4.71. The van der Waals surface area contributed by atoms with Crippen molar-refractivity contribution in [1.82, 2.24) is 4.90 Å². The minimum atomic E-state index is -0.821. The van der Waals surface area contributed by atoms with Crippen LogP contribution >= 0.6 is 0 Å². The molecule has 1 N–H and O–H groups in total. The molecule has 0 spiro atoms. The first-order chi connectivity index (χ1) is 12.6. The molecular formula is C21H23NO4. The Hall–Kier alpha value is -2.66. The Labute approximate surface area is 153 Å². The number of aromatic hydroxyl groups is 1. The summed E-state index contributed by atoms with van der Waals surface area (Å²) in [5.74, 6) is -0.180. The molecule has 0 aliphatic carbocycles. The molecule has 0 bridgehead atoms. The lowest BCUT2D eigenvalue weighted by atomic mass is 9.98. The Balaban J connectivity index is 1.72. The molecule has 2 aromatic carbocycles. The molecule has 1 unspecified atom stereocenters. The molecule has 1 aliphatic rings. The molecule has 26 heavy (non-hydrogen) atoms. The smallest absolute Gasteiger partial charge is 0.228 e. The maximum atomic E-state index is 13.0. The fraction of sp³-hybridized carbons (Fsp3) is 0.333. The predicted octanol–water partition coefficient (Wildman–Crippen LogP) is 2.57. The number of hydrogen-bond donors (Lipinski definition) is 1. The zero-order chi connectivity index (χ0) is 18.5. The highest BCUT2D eigenvalue weighted by atomic mass is 16.5. The zero-order valence-electron chi connectivity index (χ0n) is 14.7. The van der Waals surface area contributed by atoms with Crippen molar-refractivity contribution in [3.05, 3.63) is 65.7 Å². The number of carbonyl (C=O) groups excluding carboxylic acids is 2. The summed E-state index contributed by atoms with van der Waals surface area (Å²) < 4.78 is 5.54. The van der Waals surface area contributed by atoms with Crippen LogP contribution in [-0.2, 0) is 27.2 Å². The summed E-state index contributed by atoms with van der Waals surface area (Å²) in [7, 11) is 0. The van der Waals surface area contributed by atoms with Gasteiger partial charge in [0.1, 0.15) is 5.75 Å². The Kier molecular flexibility index (Phi) is 5.68. The van der Waals surface area contributed by atoms with Gasteiger partial charge in [-0.05, 0) is 36.1 Å². The minimum absolute atomic E-state index is 0.0893. The topological polar surface area (TPSA) is 66.8 Å². The summed E-state index contributed by atoms with van der Waals surface area (Å²) in [4.78, 5) is 26.0. The average Bonchev–Trinajstić information content (AvgIpc) is 3.06. The molecule has 0 radical (unpaired) electrons. The van der Waals surface area contributed by atoms with Gasteiger partial charge in [-0.3, -0.25) is 9.59 Å². The molecule has 3 atom stereocenters. The minimum Gasteiger partial charge on any atom is -0.508 e. The second-order valence-electron chi connectivity index (χ2n) is 6.72. The number of rotatable bonds is 6. The number of aldehydes is 1. The third-order valence-electron chi connectivity index (χ3n) is 4.71. The normalized spacial score (nSPS) is 20.7. The number of benzene rings is 2. The molecule has 136 valence electrons. The van der Waals surface area contributed by atoms with Gasteiger partial charge in [-0.25, -0.2) is 0 Å².